The van der Waals surface area contributed by atoms with Crippen LogP contribution in [0.4, 0.5) is 0 Å². The molecule has 1 aliphatic heterocycles. The fraction of sp³-hybridized carbons (Fsp3) is 1.00. The van der Waals surface area contributed by atoms with Crippen molar-refractivity contribution in [3.05, 3.63) is 0 Å². The fourth-order valence-electron chi connectivity index (χ4n) is 1.92. The number of hydrogen-bond acceptors (Lipinski definition) is 2. The number of hydrogen-bond donors (Lipinski definition) is 1. The van der Waals surface area contributed by atoms with Gasteiger partial charge in [-0.3, -0.25) is 4.90 Å². The lowest BCUT2D eigenvalue weighted by atomic mass is 9.87. The maximum Gasteiger partial charge on any atom is 0.0297 e. The standard InChI is InChI=1S/C10H22N2/c1-8(5-10(2,3)4)12-6-9(11)7-12/h8-9H,5-7,11H2,1-4H3. The minimum absolute atomic E-state index is 0.437. The number of rotatable bonds is 2. The lowest BCUT2D eigenvalue weighted by Gasteiger charge is -2.43. The molecule has 72 valence electrons. The van der Waals surface area contributed by atoms with E-state index in [9.17, 15) is 0 Å². The zero-order valence-corrected chi connectivity index (χ0v) is 8.80. The number of nitrogens with zero attached hydrogens (tertiary/aromatic N) is 1. The molecular formula is C10H22N2. The molecule has 0 bridgehead atoms. The van der Waals surface area contributed by atoms with E-state index < -0.39 is 0 Å². The highest BCUT2D eigenvalue weighted by molar-refractivity contribution is 4.87. The molecule has 2 nitrogen and oxygen atoms in total. The van der Waals surface area contributed by atoms with Gasteiger partial charge in [-0.25, -0.2) is 0 Å². The summed E-state index contributed by atoms with van der Waals surface area (Å²) in [6.07, 6.45) is 1.26. The summed E-state index contributed by atoms with van der Waals surface area (Å²) >= 11 is 0. The first-order valence-corrected chi connectivity index (χ1v) is 4.88. The summed E-state index contributed by atoms with van der Waals surface area (Å²) in [6, 6.07) is 1.14. The molecule has 1 atom stereocenters. The van der Waals surface area contributed by atoms with Gasteiger partial charge in [0.05, 0.1) is 0 Å². The van der Waals surface area contributed by atoms with Crippen LogP contribution in [0, 0.1) is 5.41 Å². The SMILES string of the molecule is CC(CC(C)(C)C)N1CC(N)C1. The van der Waals surface area contributed by atoms with Crippen LogP contribution in [0.3, 0.4) is 0 Å². The second kappa shape index (κ2) is 3.35. The fourth-order valence-corrected chi connectivity index (χ4v) is 1.92. The van der Waals surface area contributed by atoms with Crippen LogP contribution >= 0.6 is 0 Å². The average molecular weight is 170 g/mol. The zero-order chi connectivity index (χ0) is 9.35. The van der Waals surface area contributed by atoms with E-state index in [0.717, 1.165) is 13.1 Å². The van der Waals surface area contributed by atoms with Crippen molar-refractivity contribution < 1.29 is 0 Å². The summed E-state index contributed by atoms with van der Waals surface area (Å²) in [4.78, 5) is 2.47. The monoisotopic (exact) mass is 170 g/mol. The predicted octanol–water partition coefficient (Wildman–Crippen LogP) is 1.45. The van der Waals surface area contributed by atoms with Crippen LogP contribution < -0.4 is 5.73 Å². The highest BCUT2D eigenvalue weighted by atomic mass is 15.2. The summed E-state index contributed by atoms with van der Waals surface area (Å²) < 4.78 is 0. The van der Waals surface area contributed by atoms with Crippen molar-refractivity contribution in [2.24, 2.45) is 11.1 Å². The predicted molar refractivity (Wildman–Crippen MR) is 53.1 cm³/mol. The average Bonchev–Trinajstić information content (AvgIpc) is 1.76. The third kappa shape index (κ3) is 2.76. The normalized spacial score (nSPS) is 23.8. The highest BCUT2D eigenvalue weighted by Crippen LogP contribution is 2.25. The molecule has 2 N–H and O–H groups in total. The molecule has 1 aliphatic rings. The Bertz CT molecular complexity index is 142. The third-order valence-corrected chi connectivity index (χ3v) is 2.47. The lowest BCUT2D eigenvalue weighted by molar-refractivity contribution is 0.0783. The molecule has 0 saturated carbocycles. The van der Waals surface area contributed by atoms with Crippen LogP contribution in [0.15, 0.2) is 0 Å². The van der Waals surface area contributed by atoms with Crippen molar-refractivity contribution in [1.82, 2.24) is 4.90 Å². The largest absolute Gasteiger partial charge is 0.325 e. The molecule has 1 unspecified atom stereocenters. The van der Waals surface area contributed by atoms with Gasteiger partial charge in [-0.15, -0.1) is 0 Å². The van der Waals surface area contributed by atoms with Crippen molar-refractivity contribution in [1.29, 1.82) is 0 Å². The van der Waals surface area contributed by atoms with Crippen LogP contribution in [0.1, 0.15) is 34.1 Å². The zero-order valence-electron chi connectivity index (χ0n) is 8.80. The molecule has 1 rings (SSSR count). The smallest absolute Gasteiger partial charge is 0.0297 e. The van der Waals surface area contributed by atoms with Gasteiger partial charge < -0.3 is 5.73 Å². The van der Waals surface area contributed by atoms with Crippen LogP contribution in [-0.2, 0) is 0 Å². The van der Waals surface area contributed by atoms with E-state index in [-0.39, 0.29) is 0 Å². The van der Waals surface area contributed by atoms with Crippen molar-refractivity contribution in [3.8, 4) is 0 Å². The van der Waals surface area contributed by atoms with E-state index in [1.807, 2.05) is 0 Å². The van der Waals surface area contributed by atoms with Gasteiger partial charge in [0.2, 0.25) is 0 Å². The van der Waals surface area contributed by atoms with Crippen molar-refractivity contribution in [2.45, 2.75) is 46.2 Å². The maximum atomic E-state index is 5.73. The van der Waals surface area contributed by atoms with Crippen molar-refractivity contribution in [2.75, 3.05) is 13.1 Å². The van der Waals surface area contributed by atoms with Gasteiger partial charge in [-0.1, -0.05) is 20.8 Å². The first kappa shape index (κ1) is 10.0. The molecule has 0 aromatic heterocycles. The van der Waals surface area contributed by atoms with Gasteiger partial charge in [0.15, 0.2) is 0 Å². The van der Waals surface area contributed by atoms with Gasteiger partial charge >= 0.3 is 0 Å². The minimum atomic E-state index is 0.437. The first-order valence-electron chi connectivity index (χ1n) is 4.88. The summed E-state index contributed by atoms with van der Waals surface area (Å²) in [6.45, 7) is 11.4. The van der Waals surface area contributed by atoms with Gasteiger partial charge in [0.25, 0.3) is 0 Å². The van der Waals surface area contributed by atoms with Gasteiger partial charge in [-0.05, 0) is 18.8 Å². The number of likely N-dealkylation sites (tertiary alicyclic amines) is 1. The Morgan fingerprint density at radius 3 is 2.25 bits per heavy atom. The van der Waals surface area contributed by atoms with Crippen LogP contribution in [0.25, 0.3) is 0 Å². The Balaban J connectivity index is 2.25. The van der Waals surface area contributed by atoms with Crippen LogP contribution in [-0.4, -0.2) is 30.1 Å². The molecule has 1 fully saturated rings. The molecule has 0 amide bonds. The molecule has 12 heavy (non-hydrogen) atoms. The summed E-state index contributed by atoms with van der Waals surface area (Å²) in [5.41, 5.74) is 6.17. The second-order valence-electron chi connectivity index (χ2n) is 5.33. The van der Waals surface area contributed by atoms with E-state index in [1.165, 1.54) is 6.42 Å². The molecule has 1 heterocycles. The molecule has 0 aromatic carbocycles. The van der Waals surface area contributed by atoms with Crippen LogP contribution in [0.2, 0.25) is 0 Å². The lowest BCUT2D eigenvalue weighted by Crippen LogP contribution is -2.59. The van der Waals surface area contributed by atoms with Crippen molar-refractivity contribution >= 4 is 0 Å². The van der Waals surface area contributed by atoms with E-state index in [2.05, 4.69) is 32.6 Å². The Morgan fingerprint density at radius 1 is 1.42 bits per heavy atom. The molecule has 0 aliphatic carbocycles. The topological polar surface area (TPSA) is 29.3 Å². The first-order chi connectivity index (χ1) is 5.38. The summed E-state index contributed by atoms with van der Waals surface area (Å²) in [5.74, 6) is 0. The summed E-state index contributed by atoms with van der Waals surface area (Å²) in [7, 11) is 0. The van der Waals surface area contributed by atoms with Crippen molar-refractivity contribution in [3.63, 3.8) is 0 Å². The molecule has 2 heteroatoms. The van der Waals surface area contributed by atoms with E-state index in [0.29, 0.717) is 17.5 Å². The van der Waals surface area contributed by atoms with Gasteiger partial charge in [0.1, 0.15) is 0 Å². The van der Waals surface area contributed by atoms with E-state index in [4.69, 9.17) is 5.73 Å². The summed E-state index contributed by atoms with van der Waals surface area (Å²) in [5, 5.41) is 0. The minimum Gasteiger partial charge on any atom is -0.325 e. The maximum absolute atomic E-state index is 5.73. The quantitative estimate of drug-likeness (QED) is 0.679. The molecule has 0 aromatic rings. The van der Waals surface area contributed by atoms with E-state index >= 15 is 0 Å². The molecule has 0 radical (unpaired) electrons. The Hall–Kier alpha value is -0.0800. The Kier molecular flexibility index (Phi) is 2.79. The van der Waals surface area contributed by atoms with Gasteiger partial charge in [-0.2, -0.15) is 0 Å². The van der Waals surface area contributed by atoms with E-state index in [1.54, 1.807) is 0 Å². The van der Waals surface area contributed by atoms with Gasteiger partial charge in [0, 0.05) is 25.2 Å². The Morgan fingerprint density at radius 2 is 1.92 bits per heavy atom. The third-order valence-electron chi connectivity index (χ3n) is 2.47. The Labute approximate surface area is 76.1 Å². The van der Waals surface area contributed by atoms with Crippen LogP contribution in [0.5, 0.6) is 0 Å². The molecule has 0 spiro atoms. The molecule has 1 saturated heterocycles. The number of nitrogens with two attached hydrogens (primary N) is 1. The molecular weight excluding hydrogens is 148 g/mol. The highest BCUT2D eigenvalue weighted by Gasteiger charge is 2.29. The second-order valence-corrected chi connectivity index (χ2v) is 5.33.